The summed E-state index contributed by atoms with van der Waals surface area (Å²) < 4.78 is 18.4. The molecule has 2 N–H and O–H groups in total. The molecule has 1 atom stereocenters. The van der Waals surface area contributed by atoms with E-state index < -0.39 is 0 Å². The van der Waals surface area contributed by atoms with E-state index in [9.17, 15) is 4.39 Å². The summed E-state index contributed by atoms with van der Waals surface area (Å²) in [6.07, 6.45) is 2.26. The number of halogens is 2. The Bertz CT molecular complexity index is 333. The summed E-state index contributed by atoms with van der Waals surface area (Å²) in [5.74, 6) is -0.283. The number of hydrogen-bond acceptors (Lipinski definition) is 2. The molecule has 0 aliphatic heterocycles. The minimum Gasteiger partial charge on any atom is -0.385 e. The molecule has 0 bridgehead atoms. The highest BCUT2D eigenvalue weighted by molar-refractivity contribution is 6.30. The Morgan fingerprint density at radius 2 is 2.25 bits per heavy atom. The molecule has 0 aliphatic carbocycles. The van der Waals surface area contributed by atoms with Crippen molar-refractivity contribution in [2.24, 2.45) is 5.73 Å². The van der Waals surface area contributed by atoms with Crippen molar-refractivity contribution in [1.29, 1.82) is 0 Å². The summed E-state index contributed by atoms with van der Waals surface area (Å²) in [6, 6.07) is 4.65. The largest absolute Gasteiger partial charge is 0.385 e. The van der Waals surface area contributed by atoms with Crippen LogP contribution in [0.1, 0.15) is 18.4 Å². The van der Waals surface area contributed by atoms with Crippen molar-refractivity contribution in [2.75, 3.05) is 13.7 Å². The SMILES string of the molecule is COCCCC(N)Cc1ccc(Cl)cc1F. The first-order valence-corrected chi connectivity index (χ1v) is 5.69. The standard InChI is InChI=1S/C12H17ClFNO/c1-16-6-2-3-11(15)7-9-4-5-10(13)8-12(9)14/h4-5,8,11H,2-3,6-7,15H2,1H3. The van der Waals surface area contributed by atoms with Gasteiger partial charge in [0.05, 0.1) is 0 Å². The second-order valence-corrected chi connectivity index (χ2v) is 4.27. The first-order valence-electron chi connectivity index (χ1n) is 5.32. The maximum atomic E-state index is 13.4. The molecule has 0 saturated carbocycles. The normalized spacial score (nSPS) is 12.8. The lowest BCUT2D eigenvalue weighted by atomic mass is 10.0. The zero-order valence-electron chi connectivity index (χ0n) is 9.38. The van der Waals surface area contributed by atoms with Crippen LogP contribution in [-0.2, 0) is 11.2 Å². The smallest absolute Gasteiger partial charge is 0.127 e. The molecule has 0 heterocycles. The lowest BCUT2D eigenvalue weighted by Gasteiger charge is -2.12. The van der Waals surface area contributed by atoms with Gasteiger partial charge in [0, 0.05) is 24.8 Å². The highest BCUT2D eigenvalue weighted by Gasteiger charge is 2.08. The van der Waals surface area contributed by atoms with Gasteiger partial charge >= 0.3 is 0 Å². The van der Waals surface area contributed by atoms with Gasteiger partial charge in [0.2, 0.25) is 0 Å². The molecule has 0 saturated heterocycles. The Balaban J connectivity index is 2.46. The van der Waals surface area contributed by atoms with E-state index in [2.05, 4.69) is 0 Å². The lowest BCUT2D eigenvalue weighted by molar-refractivity contribution is 0.190. The number of rotatable bonds is 6. The Kier molecular flexibility index (Phi) is 5.74. The third kappa shape index (κ3) is 4.47. The molecule has 0 fully saturated rings. The van der Waals surface area contributed by atoms with Crippen LogP contribution in [0.25, 0.3) is 0 Å². The second-order valence-electron chi connectivity index (χ2n) is 3.83. The summed E-state index contributed by atoms with van der Waals surface area (Å²) in [5.41, 5.74) is 6.52. The van der Waals surface area contributed by atoms with Crippen molar-refractivity contribution >= 4 is 11.6 Å². The fourth-order valence-corrected chi connectivity index (χ4v) is 1.72. The van der Waals surface area contributed by atoms with Crippen molar-refractivity contribution in [2.45, 2.75) is 25.3 Å². The summed E-state index contributed by atoms with van der Waals surface area (Å²) in [6.45, 7) is 0.691. The molecule has 0 spiro atoms. The minimum absolute atomic E-state index is 0.0363. The third-order valence-corrected chi connectivity index (χ3v) is 2.66. The molecule has 2 nitrogen and oxygen atoms in total. The maximum Gasteiger partial charge on any atom is 0.127 e. The molecule has 0 radical (unpaired) electrons. The van der Waals surface area contributed by atoms with Crippen LogP contribution in [0.2, 0.25) is 5.02 Å². The minimum atomic E-state index is -0.283. The van der Waals surface area contributed by atoms with Crippen LogP contribution >= 0.6 is 11.6 Å². The van der Waals surface area contributed by atoms with E-state index in [1.807, 2.05) is 0 Å². The molecule has 16 heavy (non-hydrogen) atoms. The van der Waals surface area contributed by atoms with Crippen molar-refractivity contribution in [1.82, 2.24) is 0 Å². The van der Waals surface area contributed by atoms with Gasteiger partial charge in [-0.1, -0.05) is 17.7 Å². The number of benzene rings is 1. The van der Waals surface area contributed by atoms with Crippen molar-refractivity contribution in [3.63, 3.8) is 0 Å². The van der Waals surface area contributed by atoms with Crippen LogP contribution in [0.3, 0.4) is 0 Å². The van der Waals surface area contributed by atoms with Gasteiger partial charge in [-0.25, -0.2) is 4.39 Å². The highest BCUT2D eigenvalue weighted by Crippen LogP contribution is 2.16. The van der Waals surface area contributed by atoms with Crippen LogP contribution in [0, 0.1) is 5.82 Å². The lowest BCUT2D eigenvalue weighted by Crippen LogP contribution is -2.23. The molecule has 1 rings (SSSR count). The van der Waals surface area contributed by atoms with E-state index in [-0.39, 0.29) is 11.9 Å². The maximum absolute atomic E-state index is 13.4. The summed E-state index contributed by atoms with van der Waals surface area (Å²) in [7, 11) is 1.66. The fraction of sp³-hybridized carbons (Fsp3) is 0.500. The number of hydrogen-bond donors (Lipinski definition) is 1. The molecular formula is C12H17ClFNO. The van der Waals surface area contributed by atoms with E-state index in [1.54, 1.807) is 19.2 Å². The zero-order valence-corrected chi connectivity index (χ0v) is 10.1. The van der Waals surface area contributed by atoms with Crippen molar-refractivity contribution in [3.8, 4) is 0 Å². The second kappa shape index (κ2) is 6.84. The van der Waals surface area contributed by atoms with Gasteiger partial charge in [-0.15, -0.1) is 0 Å². The quantitative estimate of drug-likeness (QED) is 0.783. The highest BCUT2D eigenvalue weighted by atomic mass is 35.5. The van der Waals surface area contributed by atoms with E-state index in [0.29, 0.717) is 23.6 Å². The molecule has 1 aromatic carbocycles. The number of nitrogens with two attached hydrogens (primary N) is 1. The Labute approximate surface area is 101 Å². The molecule has 0 amide bonds. The van der Waals surface area contributed by atoms with Crippen LogP contribution in [0.4, 0.5) is 4.39 Å². The molecule has 1 unspecified atom stereocenters. The van der Waals surface area contributed by atoms with Gasteiger partial charge in [0.25, 0.3) is 0 Å². The van der Waals surface area contributed by atoms with Gasteiger partial charge in [-0.2, -0.15) is 0 Å². The number of ether oxygens (including phenoxy) is 1. The molecule has 4 heteroatoms. The van der Waals surface area contributed by atoms with Gasteiger partial charge in [0.1, 0.15) is 5.82 Å². The third-order valence-electron chi connectivity index (χ3n) is 2.42. The summed E-state index contributed by atoms with van der Waals surface area (Å²) in [5, 5.41) is 0.411. The topological polar surface area (TPSA) is 35.2 Å². The van der Waals surface area contributed by atoms with Gasteiger partial charge in [-0.3, -0.25) is 0 Å². The van der Waals surface area contributed by atoms with Crippen LogP contribution < -0.4 is 5.73 Å². The predicted octanol–water partition coefficient (Wildman–Crippen LogP) is 2.78. The molecular weight excluding hydrogens is 229 g/mol. The molecule has 0 aromatic heterocycles. The summed E-state index contributed by atoms with van der Waals surface area (Å²) in [4.78, 5) is 0. The Morgan fingerprint density at radius 1 is 1.50 bits per heavy atom. The summed E-state index contributed by atoms with van der Waals surface area (Å²) >= 11 is 5.67. The van der Waals surface area contributed by atoms with Gasteiger partial charge < -0.3 is 10.5 Å². The van der Waals surface area contributed by atoms with Crippen LogP contribution in [0.15, 0.2) is 18.2 Å². The average molecular weight is 246 g/mol. The monoisotopic (exact) mass is 245 g/mol. The zero-order chi connectivity index (χ0) is 12.0. The van der Waals surface area contributed by atoms with E-state index in [4.69, 9.17) is 22.1 Å². The van der Waals surface area contributed by atoms with Crippen molar-refractivity contribution in [3.05, 3.63) is 34.6 Å². The molecule has 0 aliphatic rings. The first kappa shape index (κ1) is 13.4. The first-order chi connectivity index (χ1) is 7.63. The van der Waals surface area contributed by atoms with Crippen LogP contribution in [0.5, 0.6) is 0 Å². The Hall–Kier alpha value is -0.640. The predicted molar refractivity (Wildman–Crippen MR) is 64.2 cm³/mol. The average Bonchev–Trinajstić information content (AvgIpc) is 2.23. The number of methoxy groups -OCH3 is 1. The molecule has 1 aromatic rings. The fourth-order valence-electron chi connectivity index (χ4n) is 1.56. The van der Waals surface area contributed by atoms with Crippen LogP contribution in [-0.4, -0.2) is 19.8 Å². The van der Waals surface area contributed by atoms with E-state index in [0.717, 1.165) is 12.8 Å². The van der Waals surface area contributed by atoms with Gasteiger partial charge in [0.15, 0.2) is 0 Å². The van der Waals surface area contributed by atoms with Crippen molar-refractivity contribution < 1.29 is 9.13 Å². The Morgan fingerprint density at radius 3 is 2.88 bits per heavy atom. The van der Waals surface area contributed by atoms with Gasteiger partial charge in [-0.05, 0) is 37.0 Å². The van der Waals surface area contributed by atoms with E-state index in [1.165, 1.54) is 6.07 Å². The molecule has 90 valence electrons. The van der Waals surface area contributed by atoms with E-state index >= 15 is 0 Å².